The highest BCUT2D eigenvalue weighted by Gasteiger charge is 2.29. The molecule has 0 bridgehead atoms. The first-order valence-electron chi connectivity index (χ1n) is 7.60. The van der Waals surface area contributed by atoms with Gasteiger partial charge in [0.2, 0.25) is 0 Å². The Bertz CT molecular complexity index is 1000. The van der Waals surface area contributed by atoms with Gasteiger partial charge in [0, 0.05) is 29.3 Å². The van der Waals surface area contributed by atoms with Crippen LogP contribution in [0.3, 0.4) is 0 Å². The Labute approximate surface area is 135 Å². The zero-order chi connectivity index (χ0) is 16.0. The summed E-state index contributed by atoms with van der Waals surface area (Å²) in [5, 5.41) is 1.88. The predicted molar refractivity (Wildman–Crippen MR) is 95.8 cm³/mol. The molecule has 23 heavy (non-hydrogen) atoms. The van der Waals surface area contributed by atoms with Gasteiger partial charge in [-0.3, -0.25) is 0 Å². The van der Waals surface area contributed by atoms with Crippen LogP contribution in [0, 0.1) is 0 Å². The largest absolute Gasteiger partial charge is 0.241 e. The molecule has 1 aliphatic rings. The molecular weight excluding hydrogens is 282 g/mol. The van der Waals surface area contributed by atoms with Gasteiger partial charge in [-0.05, 0) is 17.4 Å². The van der Waals surface area contributed by atoms with Gasteiger partial charge in [-0.15, -0.1) is 0 Å². The Hall–Kier alpha value is -2.75. The minimum Gasteiger partial charge on any atom is -0.241 e. The van der Waals surface area contributed by atoms with Crippen molar-refractivity contribution in [2.45, 2.75) is 0 Å². The molecule has 0 amide bonds. The molecule has 3 aromatic rings. The zero-order valence-electron chi connectivity index (χ0n) is 13.0. The number of nitrogens with zero attached hydrogens (tertiary/aromatic N) is 2. The molecule has 4 rings (SSSR count). The first-order valence-corrected chi connectivity index (χ1v) is 7.60. The van der Waals surface area contributed by atoms with Crippen LogP contribution in [-0.2, 0) is 0 Å². The lowest BCUT2D eigenvalue weighted by Gasteiger charge is -2.27. The molecule has 0 spiro atoms. The fraction of sp³-hybridized carbons (Fsp3) is 0.0500. The summed E-state index contributed by atoms with van der Waals surface area (Å²) in [5.74, 6) is 6.69. The van der Waals surface area contributed by atoms with E-state index in [4.69, 9.17) is 10.8 Å². The van der Waals surface area contributed by atoms with Crippen LogP contribution >= 0.6 is 0 Å². The Balaban J connectivity index is 2.02. The summed E-state index contributed by atoms with van der Waals surface area (Å²) in [4.78, 5) is 4.82. The minimum atomic E-state index is 0.143. The molecule has 1 unspecified atom stereocenters. The molecule has 1 aliphatic heterocycles. The van der Waals surface area contributed by atoms with Crippen molar-refractivity contribution in [3.63, 3.8) is 0 Å². The lowest BCUT2D eigenvalue weighted by molar-refractivity contribution is 0.478. The van der Waals surface area contributed by atoms with Crippen LogP contribution in [0.5, 0.6) is 0 Å². The topological polar surface area (TPSA) is 38.4 Å². The maximum atomic E-state index is 6.69. The fourth-order valence-electron chi connectivity index (χ4n) is 3.15. The van der Waals surface area contributed by atoms with Gasteiger partial charge in [0.1, 0.15) is 5.36 Å². The summed E-state index contributed by atoms with van der Waals surface area (Å²) in [6, 6.07) is 22.3. The van der Waals surface area contributed by atoms with Crippen LogP contribution < -0.4 is 21.0 Å². The lowest BCUT2D eigenvalue weighted by atomic mass is 10.0. The SMILES string of the molecule is C=c1cc2c(c([N+](C)(N)c3ccccc3)c1)=Nc1ccccc1-2. The van der Waals surface area contributed by atoms with Crippen LogP contribution in [0.25, 0.3) is 17.7 Å². The first kappa shape index (κ1) is 13.9. The third-order valence-corrected chi connectivity index (χ3v) is 4.37. The van der Waals surface area contributed by atoms with Gasteiger partial charge >= 0.3 is 0 Å². The maximum absolute atomic E-state index is 6.69. The molecule has 1 heterocycles. The van der Waals surface area contributed by atoms with Crippen molar-refractivity contribution in [3.8, 4) is 11.1 Å². The quantitative estimate of drug-likeness (QED) is 0.345. The van der Waals surface area contributed by atoms with Crippen molar-refractivity contribution >= 4 is 23.6 Å². The van der Waals surface area contributed by atoms with E-state index in [1.807, 2.05) is 61.6 Å². The second kappa shape index (κ2) is 4.88. The molecule has 0 saturated heterocycles. The molecule has 112 valence electrons. The summed E-state index contributed by atoms with van der Waals surface area (Å²) in [6.45, 7) is 4.13. The molecule has 3 aromatic carbocycles. The predicted octanol–water partition coefficient (Wildman–Crippen LogP) is 3.17. The number of rotatable bonds is 2. The molecule has 0 radical (unpaired) electrons. The van der Waals surface area contributed by atoms with Gasteiger partial charge in [-0.2, -0.15) is 10.4 Å². The third-order valence-electron chi connectivity index (χ3n) is 4.37. The smallest absolute Gasteiger partial charge is 0.184 e. The monoisotopic (exact) mass is 300 g/mol. The van der Waals surface area contributed by atoms with Crippen LogP contribution in [0.4, 0.5) is 17.1 Å². The molecule has 0 aromatic heterocycles. The maximum Gasteiger partial charge on any atom is 0.184 e. The summed E-state index contributed by atoms with van der Waals surface area (Å²) >= 11 is 0. The Morgan fingerprint density at radius 1 is 0.913 bits per heavy atom. The number of benzene rings is 3. The van der Waals surface area contributed by atoms with Gasteiger partial charge in [0.05, 0.1) is 12.7 Å². The second-order valence-electron chi connectivity index (χ2n) is 6.05. The van der Waals surface area contributed by atoms with E-state index in [0.717, 1.165) is 38.8 Å². The molecule has 1 atom stereocenters. The van der Waals surface area contributed by atoms with E-state index in [1.165, 1.54) is 0 Å². The fourth-order valence-corrected chi connectivity index (χ4v) is 3.15. The van der Waals surface area contributed by atoms with Gasteiger partial charge in [0.15, 0.2) is 11.4 Å². The molecule has 0 saturated carbocycles. The van der Waals surface area contributed by atoms with E-state index in [9.17, 15) is 0 Å². The number of hydrogen-bond acceptors (Lipinski definition) is 2. The van der Waals surface area contributed by atoms with Crippen molar-refractivity contribution in [1.29, 1.82) is 0 Å². The van der Waals surface area contributed by atoms with Crippen molar-refractivity contribution < 1.29 is 0 Å². The number of nitrogens with two attached hydrogens (primary N) is 1. The highest BCUT2D eigenvalue weighted by Crippen LogP contribution is 2.34. The van der Waals surface area contributed by atoms with E-state index >= 15 is 0 Å². The highest BCUT2D eigenvalue weighted by atomic mass is 15.6. The molecule has 3 heteroatoms. The van der Waals surface area contributed by atoms with Crippen LogP contribution in [0.2, 0.25) is 0 Å². The van der Waals surface area contributed by atoms with Crippen molar-refractivity contribution in [2.75, 3.05) is 7.05 Å². The van der Waals surface area contributed by atoms with E-state index < -0.39 is 0 Å². The molecular formula is C20H18N3+. The second-order valence-corrected chi connectivity index (χ2v) is 6.05. The number of quaternary nitrogens is 1. The van der Waals surface area contributed by atoms with Gasteiger partial charge in [-0.25, -0.2) is 4.99 Å². The number of para-hydroxylation sites is 2. The highest BCUT2D eigenvalue weighted by molar-refractivity contribution is 5.82. The normalized spacial score (nSPS) is 14.5. The van der Waals surface area contributed by atoms with Crippen LogP contribution in [0.1, 0.15) is 0 Å². The molecule has 0 aliphatic carbocycles. The van der Waals surface area contributed by atoms with Crippen LogP contribution in [0.15, 0.2) is 71.7 Å². The number of fused-ring (bicyclic) bond motifs is 3. The zero-order valence-corrected chi connectivity index (χ0v) is 13.0. The average Bonchev–Trinajstić information content (AvgIpc) is 2.93. The van der Waals surface area contributed by atoms with E-state index in [1.54, 1.807) is 0 Å². The van der Waals surface area contributed by atoms with Crippen molar-refractivity contribution in [2.24, 2.45) is 10.8 Å². The van der Waals surface area contributed by atoms with Gasteiger partial charge in [-0.1, -0.05) is 43.0 Å². The lowest BCUT2D eigenvalue weighted by Crippen LogP contribution is -2.50. The summed E-state index contributed by atoms with van der Waals surface area (Å²) in [5.41, 5.74) is 5.19. The van der Waals surface area contributed by atoms with Crippen molar-refractivity contribution in [3.05, 3.63) is 77.3 Å². The number of hydrogen-bond donors (Lipinski definition) is 1. The molecule has 2 N–H and O–H groups in total. The third kappa shape index (κ3) is 2.10. The first-order chi connectivity index (χ1) is 11.1. The Morgan fingerprint density at radius 2 is 1.61 bits per heavy atom. The van der Waals surface area contributed by atoms with Crippen molar-refractivity contribution in [1.82, 2.24) is 4.59 Å². The molecule has 0 fully saturated rings. The summed E-state index contributed by atoms with van der Waals surface area (Å²) in [6.07, 6.45) is 0. The van der Waals surface area contributed by atoms with E-state index in [-0.39, 0.29) is 4.59 Å². The summed E-state index contributed by atoms with van der Waals surface area (Å²) in [7, 11) is 1.98. The standard InChI is InChI=1S/C20H18N3/c1-14-12-17-16-10-6-7-11-18(16)22-20(17)19(13-14)23(2,21)15-8-4-3-5-9-15/h3-13H,1,21H2,2H3/q+1. The Morgan fingerprint density at radius 3 is 2.39 bits per heavy atom. The van der Waals surface area contributed by atoms with Gasteiger partial charge < -0.3 is 0 Å². The average molecular weight is 300 g/mol. The van der Waals surface area contributed by atoms with E-state index in [0.29, 0.717) is 0 Å². The summed E-state index contributed by atoms with van der Waals surface area (Å²) < 4.78 is 0.143. The molecule has 3 nitrogen and oxygen atoms in total. The Kier molecular flexibility index (Phi) is 2.94. The van der Waals surface area contributed by atoms with Gasteiger partial charge in [0.25, 0.3) is 0 Å². The van der Waals surface area contributed by atoms with E-state index in [2.05, 4.69) is 18.7 Å². The minimum absolute atomic E-state index is 0.143. The van der Waals surface area contributed by atoms with Crippen LogP contribution in [-0.4, -0.2) is 7.05 Å².